The molecule has 3 aromatic carbocycles. The van der Waals surface area contributed by atoms with Crippen molar-refractivity contribution in [3.8, 4) is 11.5 Å². The van der Waals surface area contributed by atoms with Gasteiger partial charge in [-0.25, -0.2) is 0 Å². The van der Waals surface area contributed by atoms with Gasteiger partial charge < -0.3 is 14.6 Å². The highest BCUT2D eigenvalue weighted by atomic mass is 35.5. The number of carbonyl (C=O) groups is 2. The van der Waals surface area contributed by atoms with Crippen molar-refractivity contribution in [2.75, 3.05) is 18.6 Å². The van der Waals surface area contributed by atoms with Crippen LogP contribution >= 0.6 is 11.6 Å². The lowest BCUT2D eigenvalue weighted by Crippen LogP contribution is -2.29. The van der Waals surface area contributed by atoms with Gasteiger partial charge in [0.15, 0.2) is 11.5 Å². The zero-order valence-corrected chi connectivity index (χ0v) is 19.8. The number of amides is 1. The SMILES string of the molecule is CCOc1cc(C2/C(=C(/O)c3cccc(Cl)c3)C(=O)C(=O)N2c2cccc(C)c2)ccc1OC. The monoisotopic (exact) mass is 477 g/mol. The number of methoxy groups -OCH3 is 1. The van der Waals surface area contributed by atoms with Crippen LogP contribution in [0.5, 0.6) is 11.5 Å². The maximum Gasteiger partial charge on any atom is 0.300 e. The Morgan fingerprint density at radius 2 is 1.79 bits per heavy atom. The third-order valence-electron chi connectivity index (χ3n) is 5.63. The molecule has 1 fully saturated rings. The van der Waals surface area contributed by atoms with Crippen molar-refractivity contribution in [3.63, 3.8) is 0 Å². The molecule has 1 aliphatic rings. The third-order valence-corrected chi connectivity index (χ3v) is 5.86. The number of carbonyl (C=O) groups excluding carboxylic acids is 2. The maximum atomic E-state index is 13.3. The molecule has 1 aliphatic heterocycles. The molecule has 3 aromatic rings. The Hall–Kier alpha value is -3.77. The molecule has 174 valence electrons. The van der Waals surface area contributed by atoms with Crippen LogP contribution in [-0.4, -0.2) is 30.5 Å². The molecule has 0 aliphatic carbocycles. The zero-order valence-electron chi connectivity index (χ0n) is 19.0. The highest BCUT2D eigenvalue weighted by molar-refractivity contribution is 6.51. The standard InChI is InChI=1S/C27H24ClNO5/c1-4-34-22-15-17(11-12-21(22)33-3)24-23(25(30)18-8-6-9-19(28)14-18)26(31)27(32)29(24)20-10-5-7-16(2)13-20/h5-15,24,30H,4H2,1-3H3/b25-23-. The van der Waals surface area contributed by atoms with E-state index >= 15 is 0 Å². The molecule has 0 aromatic heterocycles. The Balaban J connectivity index is 1.97. The molecule has 0 radical (unpaired) electrons. The zero-order chi connectivity index (χ0) is 24.4. The van der Waals surface area contributed by atoms with Gasteiger partial charge in [0.25, 0.3) is 11.7 Å². The van der Waals surface area contributed by atoms with E-state index in [2.05, 4.69) is 0 Å². The molecule has 1 atom stereocenters. The van der Waals surface area contributed by atoms with Gasteiger partial charge in [-0.05, 0) is 61.4 Å². The number of benzene rings is 3. The number of hydrogen-bond donors (Lipinski definition) is 1. The van der Waals surface area contributed by atoms with E-state index in [1.165, 1.54) is 12.0 Å². The number of rotatable bonds is 6. The second-order valence-corrected chi connectivity index (χ2v) is 8.30. The average Bonchev–Trinajstić information content (AvgIpc) is 3.09. The van der Waals surface area contributed by atoms with E-state index in [0.717, 1.165) is 5.56 Å². The predicted octanol–water partition coefficient (Wildman–Crippen LogP) is 5.68. The van der Waals surface area contributed by atoms with Crippen LogP contribution in [0.15, 0.2) is 72.3 Å². The molecule has 1 unspecified atom stereocenters. The van der Waals surface area contributed by atoms with Gasteiger partial charge in [-0.3, -0.25) is 14.5 Å². The topological polar surface area (TPSA) is 76.1 Å². The van der Waals surface area contributed by atoms with E-state index in [0.29, 0.717) is 39.9 Å². The number of Topliss-reactive ketones (excluding diaryl/α,β-unsaturated/α-hetero) is 1. The van der Waals surface area contributed by atoms with Crippen molar-refractivity contribution in [2.24, 2.45) is 0 Å². The quantitative estimate of drug-likeness (QED) is 0.281. The van der Waals surface area contributed by atoms with Gasteiger partial charge in [-0.2, -0.15) is 0 Å². The minimum atomic E-state index is -0.883. The minimum Gasteiger partial charge on any atom is -0.507 e. The van der Waals surface area contributed by atoms with E-state index in [1.54, 1.807) is 48.5 Å². The first kappa shape index (κ1) is 23.4. The highest BCUT2D eigenvalue weighted by Crippen LogP contribution is 2.44. The summed E-state index contributed by atoms with van der Waals surface area (Å²) in [6.45, 7) is 4.16. The van der Waals surface area contributed by atoms with Crippen molar-refractivity contribution in [1.29, 1.82) is 0 Å². The average molecular weight is 478 g/mol. The summed E-state index contributed by atoms with van der Waals surface area (Å²) in [5.41, 5.74) is 2.39. The van der Waals surface area contributed by atoms with Crippen LogP contribution in [0.4, 0.5) is 5.69 Å². The summed E-state index contributed by atoms with van der Waals surface area (Å²) in [7, 11) is 1.54. The van der Waals surface area contributed by atoms with Crippen LogP contribution in [0.1, 0.15) is 29.7 Å². The molecule has 1 amide bonds. The van der Waals surface area contributed by atoms with Crippen molar-refractivity contribution < 1.29 is 24.2 Å². The van der Waals surface area contributed by atoms with E-state index < -0.39 is 17.7 Å². The lowest BCUT2D eigenvalue weighted by Gasteiger charge is -2.26. The summed E-state index contributed by atoms with van der Waals surface area (Å²) in [5, 5.41) is 11.6. The van der Waals surface area contributed by atoms with Gasteiger partial charge in [0, 0.05) is 16.3 Å². The molecular weight excluding hydrogens is 454 g/mol. The lowest BCUT2D eigenvalue weighted by molar-refractivity contribution is -0.132. The fourth-order valence-corrected chi connectivity index (χ4v) is 4.31. The van der Waals surface area contributed by atoms with Crippen LogP contribution in [0.25, 0.3) is 5.76 Å². The van der Waals surface area contributed by atoms with Gasteiger partial charge in [-0.1, -0.05) is 41.9 Å². The molecule has 4 rings (SSSR count). The third kappa shape index (κ3) is 4.24. The Labute approximate surface area is 203 Å². The van der Waals surface area contributed by atoms with E-state index in [4.69, 9.17) is 21.1 Å². The second-order valence-electron chi connectivity index (χ2n) is 7.86. The number of aliphatic hydroxyl groups is 1. The molecule has 7 heteroatoms. The Morgan fingerprint density at radius 1 is 1.03 bits per heavy atom. The molecule has 0 spiro atoms. The van der Waals surface area contributed by atoms with Crippen molar-refractivity contribution in [1.82, 2.24) is 0 Å². The molecular formula is C27H24ClNO5. The number of anilines is 1. The molecule has 0 saturated carbocycles. The van der Waals surface area contributed by atoms with Gasteiger partial charge >= 0.3 is 0 Å². The lowest BCUT2D eigenvalue weighted by atomic mass is 9.94. The molecule has 1 saturated heterocycles. The maximum absolute atomic E-state index is 13.3. The Kier molecular flexibility index (Phi) is 6.61. The van der Waals surface area contributed by atoms with E-state index in [-0.39, 0.29) is 11.3 Å². The molecule has 0 bridgehead atoms. The minimum absolute atomic E-state index is 0.0265. The summed E-state index contributed by atoms with van der Waals surface area (Å²) in [6, 6.07) is 18.1. The summed E-state index contributed by atoms with van der Waals surface area (Å²) >= 11 is 6.12. The fourth-order valence-electron chi connectivity index (χ4n) is 4.12. The number of halogens is 1. The van der Waals surface area contributed by atoms with E-state index in [9.17, 15) is 14.7 Å². The first-order chi connectivity index (χ1) is 16.3. The number of aliphatic hydroxyl groups excluding tert-OH is 1. The van der Waals surface area contributed by atoms with Gasteiger partial charge in [0.1, 0.15) is 5.76 Å². The van der Waals surface area contributed by atoms with E-state index in [1.807, 2.05) is 32.0 Å². The number of hydrogen-bond acceptors (Lipinski definition) is 5. The largest absolute Gasteiger partial charge is 0.507 e. The summed E-state index contributed by atoms with van der Waals surface area (Å²) in [5.74, 6) is -0.812. The van der Waals surface area contributed by atoms with Crippen molar-refractivity contribution in [3.05, 3.63) is 94.0 Å². The summed E-state index contributed by atoms with van der Waals surface area (Å²) in [6.07, 6.45) is 0. The number of nitrogens with zero attached hydrogens (tertiary/aromatic N) is 1. The normalized spacial score (nSPS) is 17.2. The van der Waals surface area contributed by atoms with Gasteiger partial charge in [0.05, 0.1) is 25.3 Å². The highest BCUT2D eigenvalue weighted by Gasteiger charge is 2.47. The first-order valence-corrected chi connectivity index (χ1v) is 11.2. The molecule has 6 nitrogen and oxygen atoms in total. The number of ketones is 1. The van der Waals surface area contributed by atoms with Crippen LogP contribution in [0.2, 0.25) is 5.02 Å². The smallest absolute Gasteiger partial charge is 0.300 e. The van der Waals surface area contributed by atoms with Gasteiger partial charge in [-0.15, -0.1) is 0 Å². The number of aryl methyl sites for hydroxylation is 1. The summed E-state index contributed by atoms with van der Waals surface area (Å²) < 4.78 is 11.1. The first-order valence-electron chi connectivity index (χ1n) is 10.8. The van der Waals surface area contributed by atoms with Crippen LogP contribution in [0.3, 0.4) is 0 Å². The second kappa shape index (κ2) is 9.61. The Bertz CT molecular complexity index is 1300. The predicted molar refractivity (Wildman–Crippen MR) is 132 cm³/mol. The van der Waals surface area contributed by atoms with Crippen LogP contribution < -0.4 is 14.4 Å². The van der Waals surface area contributed by atoms with Crippen molar-refractivity contribution >= 4 is 34.7 Å². The van der Waals surface area contributed by atoms with Crippen LogP contribution in [-0.2, 0) is 9.59 Å². The molecule has 1 N–H and O–H groups in total. The van der Waals surface area contributed by atoms with Crippen LogP contribution in [0, 0.1) is 6.92 Å². The molecule has 1 heterocycles. The van der Waals surface area contributed by atoms with Crippen molar-refractivity contribution in [2.45, 2.75) is 19.9 Å². The Morgan fingerprint density at radius 3 is 2.47 bits per heavy atom. The molecule has 34 heavy (non-hydrogen) atoms. The van der Waals surface area contributed by atoms with Gasteiger partial charge in [0.2, 0.25) is 0 Å². The summed E-state index contributed by atoms with van der Waals surface area (Å²) in [4.78, 5) is 28.0. The number of ether oxygens (including phenoxy) is 2. The fraction of sp³-hybridized carbons (Fsp3) is 0.185.